The predicted molar refractivity (Wildman–Crippen MR) is 70.2 cm³/mol. The zero-order valence-corrected chi connectivity index (χ0v) is 11.0. The highest BCUT2D eigenvalue weighted by Gasteiger charge is 2.38. The Labute approximate surface area is 108 Å². The first kappa shape index (κ1) is 11.9. The van der Waals surface area contributed by atoms with Gasteiger partial charge in [-0.15, -0.1) is 0 Å². The molecule has 0 saturated heterocycles. The fourth-order valence-electron chi connectivity index (χ4n) is 2.92. The summed E-state index contributed by atoms with van der Waals surface area (Å²) in [7, 11) is 1.77. The maximum atomic E-state index is 5.94. The largest absolute Gasteiger partial charge is 0.384 e. The molecule has 0 spiro atoms. The molecule has 4 nitrogen and oxygen atoms in total. The number of nitrogen functional groups attached to an aromatic ring is 1. The van der Waals surface area contributed by atoms with Crippen LogP contribution in [0.15, 0.2) is 6.07 Å². The summed E-state index contributed by atoms with van der Waals surface area (Å²) >= 11 is 0. The molecule has 2 aliphatic carbocycles. The Morgan fingerprint density at radius 2 is 1.94 bits per heavy atom. The monoisotopic (exact) mass is 247 g/mol. The van der Waals surface area contributed by atoms with Crippen molar-refractivity contribution >= 4 is 5.82 Å². The minimum atomic E-state index is -0.294. The summed E-state index contributed by atoms with van der Waals surface area (Å²) in [5.74, 6) is 2.00. The summed E-state index contributed by atoms with van der Waals surface area (Å²) in [5, 5.41) is 0. The van der Waals surface area contributed by atoms with Gasteiger partial charge in [-0.3, -0.25) is 0 Å². The van der Waals surface area contributed by atoms with Gasteiger partial charge in [0.2, 0.25) is 0 Å². The van der Waals surface area contributed by atoms with E-state index in [1.165, 1.54) is 32.1 Å². The van der Waals surface area contributed by atoms with Crippen molar-refractivity contribution in [3.63, 3.8) is 0 Å². The van der Waals surface area contributed by atoms with Gasteiger partial charge in [0.1, 0.15) is 11.4 Å². The second-order valence-corrected chi connectivity index (χ2v) is 5.57. The van der Waals surface area contributed by atoms with Crippen molar-refractivity contribution in [3.05, 3.63) is 17.6 Å². The number of methoxy groups -OCH3 is 1. The van der Waals surface area contributed by atoms with Gasteiger partial charge >= 0.3 is 0 Å². The van der Waals surface area contributed by atoms with E-state index in [1.54, 1.807) is 7.11 Å². The quantitative estimate of drug-likeness (QED) is 0.892. The molecule has 0 aliphatic heterocycles. The Balaban J connectivity index is 1.97. The lowest BCUT2D eigenvalue weighted by molar-refractivity contribution is -0.0515. The molecule has 4 heteroatoms. The molecular weight excluding hydrogens is 226 g/mol. The molecule has 0 aromatic carbocycles. The lowest BCUT2D eigenvalue weighted by Crippen LogP contribution is -2.33. The summed E-state index contributed by atoms with van der Waals surface area (Å²) in [6, 6.07) is 1.92. The molecule has 2 N–H and O–H groups in total. The van der Waals surface area contributed by atoms with E-state index in [9.17, 15) is 0 Å². The molecule has 1 heterocycles. The van der Waals surface area contributed by atoms with Crippen LogP contribution in [-0.2, 0) is 10.3 Å². The van der Waals surface area contributed by atoms with Gasteiger partial charge in [0.15, 0.2) is 5.82 Å². The fraction of sp³-hybridized carbons (Fsp3) is 0.714. The summed E-state index contributed by atoms with van der Waals surface area (Å²) in [4.78, 5) is 9.20. The third-order valence-corrected chi connectivity index (χ3v) is 4.22. The van der Waals surface area contributed by atoms with Crippen molar-refractivity contribution in [3.8, 4) is 0 Å². The summed E-state index contributed by atoms with van der Waals surface area (Å²) in [6.07, 6.45) is 8.14. The van der Waals surface area contributed by atoms with Crippen molar-refractivity contribution < 1.29 is 4.74 Å². The van der Waals surface area contributed by atoms with Crippen LogP contribution in [-0.4, -0.2) is 17.1 Å². The normalized spacial score (nSPS) is 22.9. The molecule has 0 unspecified atom stereocenters. The molecule has 2 fully saturated rings. The van der Waals surface area contributed by atoms with Crippen molar-refractivity contribution in [1.29, 1.82) is 0 Å². The number of hydrogen-bond donors (Lipinski definition) is 1. The molecule has 0 amide bonds. The second kappa shape index (κ2) is 4.50. The molecule has 2 aliphatic rings. The average Bonchev–Trinajstić information content (AvgIpc) is 3.23. The Kier molecular flexibility index (Phi) is 2.98. The first-order valence-electron chi connectivity index (χ1n) is 6.94. The van der Waals surface area contributed by atoms with E-state index in [2.05, 4.69) is 4.98 Å². The van der Waals surface area contributed by atoms with Crippen molar-refractivity contribution in [1.82, 2.24) is 9.97 Å². The molecule has 3 rings (SSSR count). The number of nitrogens with two attached hydrogens (primary N) is 1. The first-order valence-corrected chi connectivity index (χ1v) is 6.94. The number of ether oxygens (including phenoxy) is 1. The van der Waals surface area contributed by atoms with Crippen LogP contribution >= 0.6 is 0 Å². The third kappa shape index (κ3) is 2.09. The zero-order valence-electron chi connectivity index (χ0n) is 11.0. The van der Waals surface area contributed by atoms with Crippen LogP contribution in [0.4, 0.5) is 5.82 Å². The number of aromatic nitrogens is 2. The van der Waals surface area contributed by atoms with E-state index >= 15 is 0 Å². The second-order valence-electron chi connectivity index (χ2n) is 5.57. The van der Waals surface area contributed by atoms with Gasteiger partial charge in [0.25, 0.3) is 0 Å². The van der Waals surface area contributed by atoms with Crippen molar-refractivity contribution in [2.75, 3.05) is 12.8 Å². The predicted octanol–water partition coefficient (Wildman–Crippen LogP) is 2.74. The smallest absolute Gasteiger partial charge is 0.162 e. The van der Waals surface area contributed by atoms with Gasteiger partial charge in [0, 0.05) is 24.8 Å². The van der Waals surface area contributed by atoms with Crippen LogP contribution < -0.4 is 5.73 Å². The highest BCUT2D eigenvalue weighted by molar-refractivity contribution is 5.34. The summed E-state index contributed by atoms with van der Waals surface area (Å²) < 4.78 is 5.79. The van der Waals surface area contributed by atoms with Gasteiger partial charge in [0.05, 0.1) is 0 Å². The molecule has 98 valence electrons. The Morgan fingerprint density at radius 3 is 2.56 bits per heavy atom. The zero-order chi connectivity index (χ0) is 12.6. The number of anilines is 1. The SMILES string of the molecule is COC1(c2nc(N)cc(C3CC3)n2)CCCCC1. The highest BCUT2D eigenvalue weighted by Crippen LogP contribution is 2.42. The fourth-order valence-corrected chi connectivity index (χ4v) is 2.92. The molecular formula is C14H21N3O. The van der Waals surface area contributed by atoms with Crippen LogP contribution in [0.1, 0.15) is 62.4 Å². The van der Waals surface area contributed by atoms with Gasteiger partial charge < -0.3 is 10.5 Å². The highest BCUT2D eigenvalue weighted by atomic mass is 16.5. The van der Waals surface area contributed by atoms with Gasteiger partial charge in [-0.2, -0.15) is 0 Å². The van der Waals surface area contributed by atoms with E-state index in [1.807, 2.05) is 6.07 Å². The molecule has 1 aromatic rings. The number of hydrogen-bond acceptors (Lipinski definition) is 4. The summed E-state index contributed by atoms with van der Waals surface area (Å²) in [6.45, 7) is 0. The van der Waals surface area contributed by atoms with Gasteiger partial charge in [-0.1, -0.05) is 19.3 Å². The molecule has 1 aromatic heterocycles. The maximum absolute atomic E-state index is 5.94. The van der Waals surface area contributed by atoms with E-state index in [0.717, 1.165) is 24.4 Å². The molecule has 0 radical (unpaired) electrons. The lowest BCUT2D eigenvalue weighted by atomic mass is 9.84. The van der Waals surface area contributed by atoms with Crippen molar-refractivity contribution in [2.24, 2.45) is 0 Å². The van der Waals surface area contributed by atoms with Crippen molar-refractivity contribution in [2.45, 2.75) is 56.5 Å². The summed E-state index contributed by atoms with van der Waals surface area (Å²) in [5.41, 5.74) is 6.75. The topological polar surface area (TPSA) is 61.0 Å². The Hall–Kier alpha value is -1.16. The number of rotatable bonds is 3. The van der Waals surface area contributed by atoms with E-state index in [0.29, 0.717) is 11.7 Å². The maximum Gasteiger partial charge on any atom is 0.162 e. The van der Waals surface area contributed by atoms with Gasteiger partial charge in [-0.25, -0.2) is 9.97 Å². The molecule has 0 atom stereocenters. The van der Waals surface area contributed by atoms with Crippen LogP contribution in [0.3, 0.4) is 0 Å². The third-order valence-electron chi connectivity index (χ3n) is 4.22. The van der Waals surface area contributed by atoms with Crippen LogP contribution in [0.5, 0.6) is 0 Å². The van der Waals surface area contributed by atoms with E-state index in [-0.39, 0.29) is 5.60 Å². The van der Waals surface area contributed by atoms with E-state index < -0.39 is 0 Å². The van der Waals surface area contributed by atoms with Crippen LogP contribution in [0, 0.1) is 0 Å². The minimum absolute atomic E-state index is 0.294. The molecule has 18 heavy (non-hydrogen) atoms. The average molecular weight is 247 g/mol. The van der Waals surface area contributed by atoms with Gasteiger partial charge in [-0.05, 0) is 25.7 Å². The van der Waals surface area contributed by atoms with Crippen LogP contribution in [0.2, 0.25) is 0 Å². The minimum Gasteiger partial charge on any atom is -0.384 e. The lowest BCUT2D eigenvalue weighted by Gasteiger charge is -2.34. The Bertz CT molecular complexity index is 437. The first-order chi connectivity index (χ1) is 8.73. The van der Waals surface area contributed by atoms with Crippen LogP contribution in [0.25, 0.3) is 0 Å². The standard InChI is InChI=1S/C14H21N3O/c1-18-14(7-3-2-4-8-14)13-16-11(10-5-6-10)9-12(15)17-13/h9-10H,2-8H2,1H3,(H2,15,16,17). The molecule has 0 bridgehead atoms. The Morgan fingerprint density at radius 1 is 1.22 bits per heavy atom. The number of nitrogens with zero attached hydrogens (tertiary/aromatic N) is 2. The molecule has 2 saturated carbocycles. The van der Waals surface area contributed by atoms with E-state index in [4.69, 9.17) is 15.5 Å².